The van der Waals surface area contributed by atoms with Crippen LogP contribution in [0.25, 0.3) is 6.08 Å². The van der Waals surface area contributed by atoms with E-state index in [-0.39, 0.29) is 5.91 Å². The first-order valence-electron chi connectivity index (χ1n) is 6.24. The van der Waals surface area contributed by atoms with Gasteiger partial charge in [-0.25, -0.2) is 0 Å². The summed E-state index contributed by atoms with van der Waals surface area (Å²) in [5.74, 6) is -0.0835. The molecule has 3 heteroatoms. The van der Waals surface area contributed by atoms with E-state index in [2.05, 4.69) is 22.4 Å². The van der Waals surface area contributed by atoms with Crippen molar-refractivity contribution in [1.29, 1.82) is 0 Å². The van der Waals surface area contributed by atoms with Crippen molar-refractivity contribution >= 4 is 12.0 Å². The van der Waals surface area contributed by atoms with Crippen molar-refractivity contribution in [2.75, 3.05) is 6.54 Å². The lowest BCUT2D eigenvalue weighted by Crippen LogP contribution is -2.23. The van der Waals surface area contributed by atoms with Gasteiger partial charge in [-0.15, -0.1) is 0 Å². The van der Waals surface area contributed by atoms with E-state index in [0.717, 1.165) is 12.0 Å². The average molecular weight is 252 g/mol. The van der Waals surface area contributed by atoms with Gasteiger partial charge in [0.25, 0.3) is 0 Å². The second-order valence-corrected chi connectivity index (χ2v) is 4.15. The van der Waals surface area contributed by atoms with Crippen LogP contribution in [0.2, 0.25) is 0 Å². The molecule has 0 spiro atoms. The van der Waals surface area contributed by atoms with E-state index in [0.29, 0.717) is 6.54 Å². The van der Waals surface area contributed by atoms with E-state index in [1.54, 1.807) is 18.5 Å². The number of nitrogens with one attached hydrogen (secondary N) is 1. The molecule has 0 bridgehead atoms. The largest absolute Gasteiger partial charge is 0.352 e. The Kier molecular flexibility index (Phi) is 4.87. The summed E-state index contributed by atoms with van der Waals surface area (Å²) < 4.78 is 0. The Hall–Kier alpha value is -2.42. The van der Waals surface area contributed by atoms with Crippen LogP contribution in [0.3, 0.4) is 0 Å². The highest BCUT2D eigenvalue weighted by Crippen LogP contribution is 1.99. The van der Waals surface area contributed by atoms with Crippen LogP contribution in [0.4, 0.5) is 0 Å². The number of carbonyl (C=O) groups excluding carboxylic acids is 1. The molecule has 0 aliphatic carbocycles. The van der Waals surface area contributed by atoms with Gasteiger partial charge in [-0.3, -0.25) is 9.78 Å². The van der Waals surface area contributed by atoms with Crippen LogP contribution in [0.15, 0.2) is 60.9 Å². The minimum atomic E-state index is -0.0835. The van der Waals surface area contributed by atoms with Crippen LogP contribution in [0.1, 0.15) is 11.1 Å². The fourth-order valence-corrected chi connectivity index (χ4v) is 1.68. The van der Waals surface area contributed by atoms with E-state index < -0.39 is 0 Å². The highest BCUT2D eigenvalue weighted by molar-refractivity contribution is 5.91. The van der Waals surface area contributed by atoms with E-state index in [1.807, 2.05) is 30.3 Å². The second-order valence-electron chi connectivity index (χ2n) is 4.15. The van der Waals surface area contributed by atoms with Crippen molar-refractivity contribution in [2.24, 2.45) is 0 Å². The molecule has 2 rings (SSSR count). The number of pyridine rings is 1. The normalized spacial score (nSPS) is 10.5. The summed E-state index contributed by atoms with van der Waals surface area (Å²) in [4.78, 5) is 15.6. The summed E-state index contributed by atoms with van der Waals surface area (Å²) in [6.45, 7) is 0.639. The third-order valence-corrected chi connectivity index (χ3v) is 2.67. The highest BCUT2D eigenvalue weighted by Gasteiger charge is 1.96. The Bertz CT molecular complexity index is 535. The van der Waals surface area contributed by atoms with Crippen LogP contribution in [-0.4, -0.2) is 17.4 Å². The molecule has 0 fully saturated rings. The van der Waals surface area contributed by atoms with Crippen molar-refractivity contribution in [2.45, 2.75) is 6.42 Å². The Morgan fingerprint density at radius 3 is 2.74 bits per heavy atom. The van der Waals surface area contributed by atoms with Gasteiger partial charge in [-0.1, -0.05) is 36.4 Å². The van der Waals surface area contributed by atoms with Crippen LogP contribution in [0.5, 0.6) is 0 Å². The van der Waals surface area contributed by atoms with E-state index in [4.69, 9.17) is 0 Å². The summed E-state index contributed by atoms with van der Waals surface area (Å²) in [5, 5.41) is 2.86. The molecule has 1 N–H and O–H groups in total. The maximum atomic E-state index is 11.6. The molecule has 19 heavy (non-hydrogen) atoms. The summed E-state index contributed by atoms with van der Waals surface area (Å²) in [5.41, 5.74) is 2.14. The SMILES string of the molecule is O=C(C=Cc1cccnc1)NCCc1ccccc1. The van der Waals surface area contributed by atoms with Crippen LogP contribution in [0, 0.1) is 0 Å². The standard InChI is InChI=1S/C16H16N2O/c19-16(9-8-15-7-4-11-17-13-15)18-12-10-14-5-2-1-3-6-14/h1-9,11,13H,10,12H2,(H,18,19). The van der Waals surface area contributed by atoms with E-state index >= 15 is 0 Å². The summed E-state index contributed by atoms with van der Waals surface area (Å²) in [6.07, 6.45) is 7.55. The van der Waals surface area contributed by atoms with Crippen molar-refractivity contribution in [3.8, 4) is 0 Å². The van der Waals surface area contributed by atoms with Gasteiger partial charge >= 0.3 is 0 Å². The number of nitrogens with zero attached hydrogens (tertiary/aromatic N) is 1. The number of hydrogen-bond acceptors (Lipinski definition) is 2. The molecule has 0 atom stereocenters. The van der Waals surface area contributed by atoms with Crippen LogP contribution in [-0.2, 0) is 11.2 Å². The number of rotatable bonds is 5. The van der Waals surface area contributed by atoms with Gasteiger partial charge in [0.15, 0.2) is 0 Å². The molecule has 1 amide bonds. The first-order chi connectivity index (χ1) is 9.34. The Labute approximate surface area is 113 Å². The molecule has 0 radical (unpaired) electrons. The maximum Gasteiger partial charge on any atom is 0.244 e. The molecule has 1 aromatic heterocycles. The Morgan fingerprint density at radius 2 is 2.00 bits per heavy atom. The van der Waals surface area contributed by atoms with E-state index in [1.165, 1.54) is 11.6 Å². The van der Waals surface area contributed by atoms with Gasteiger partial charge < -0.3 is 5.32 Å². The molecule has 0 aliphatic rings. The van der Waals surface area contributed by atoms with Crippen molar-refractivity contribution in [3.05, 3.63) is 72.1 Å². The molecule has 3 nitrogen and oxygen atoms in total. The zero-order valence-electron chi connectivity index (χ0n) is 10.6. The molecule has 0 saturated heterocycles. The van der Waals surface area contributed by atoms with Crippen molar-refractivity contribution in [3.63, 3.8) is 0 Å². The number of benzene rings is 1. The van der Waals surface area contributed by atoms with Crippen LogP contribution >= 0.6 is 0 Å². The summed E-state index contributed by atoms with van der Waals surface area (Å²) in [7, 11) is 0. The predicted molar refractivity (Wildman–Crippen MR) is 76.4 cm³/mol. The third-order valence-electron chi connectivity index (χ3n) is 2.67. The van der Waals surface area contributed by atoms with Crippen molar-refractivity contribution in [1.82, 2.24) is 10.3 Å². The zero-order valence-corrected chi connectivity index (χ0v) is 10.6. The predicted octanol–water partition coefficient (Wildman–Crippen LogP) is 2.45. The van der Waals surface area contributed by atoms with Gasteiger partial charge in [0, 0.05) is 25.0 Å². The molecule has 96 valence electrons. The lowest BCUT2D eigenvalue weighted by molar-refractivity contribution is -0.116. The highest BCUT2D eigenvalue weighted by atomic mass is 16.1. The quantitative estimate of drug-likeness (QED) is 0.830. The smallest absolute Gasteiger partial charge is 0.244 e. The first-order valence-corrected chi connectivity index (χ1v) is 6.24. The average Bonchev–Trinajstić information content (AvgIpc) is 2.47. The Balaban J connectivity index is 1.75. The minimum absolute atomic E-state index is 0.0835. The maximum absolute atomic E-state index is 11.6. The van der Waals surface area contributed by atoms with E-state index in [9.17, 15) is 4.79 Å². The fourth-order valence-electron chi connectivity index (χ4n) is 1.68. The number of hydrogen-bond donors (Lipinski definition) is 1. The van der Waals surface area contributed by atoms with Gasteiger partial charge in [0.1, 0.15) is 0 Å². The third kappa shape index (κ3) is 4.76. The number of amides is 1. The lowest BCUT2D eigenvalue weighted by Gasteiger charge is -2.02. The molecule has 0 saturated carbocycles. The Morgan fingerprint density at radius 1 is 1.16 bits per heavy atom. The zero-order chi connectivity index (χ0) is 13.3. The molecular weight excluding hydrogens is 236 g/mol. The minimum Gasteiger partial charge on any atom is -0.352 e. The van der Waals surface area contributed by atoms with Gasteiger partial charge in [-0.2, -0.15) is 0 Å². The molecule has 1 aromatic carbocycles. The van der Waals surface area contributed by atoms with Gasteiger partial charge in [-0.05, 0) is 29.7 Å². The van der Waals surface area contributed by atoms with Gasteiger partial charge in [0.05, 0.1) is 0 Å². The second kappa shape index (κ2) is 7.11. The number of aromatic nitrogens is 1. The first kappa shape index (κ1) is 13.0. The number of carbonyl (C=O) groups is 1. The molecule has 0 aliphatic heterocycles. The summed E-state index contributed by atoms with van der Waals surface area (Å²) >= 11 is 0. The lowest BCUT2D eigenvalue weighted by atomic mass is 10.1. The summed E-state index contributed by atoms with van der Waals surface area (Å²) in [6, 6.07) is 13.8. The van der Waals surface area contributed by atoms with Crippen LogP contribution < -0.4 is 5.32 Å². The fraction of sp³-hybridized carbons (Fsp3) is 0.125. The molecule has 2 aromatic rings. The topological polar surface area (TPSA) is 42.0 Å². The molecule has 0 unspecified atom stereocenters. The molecule has 1 heterocycles. The molecular formula is C16H16N2O. The monoisotopic (exact) mass is 252 g/mol. The van der Waals surface area contributed by atoms with Gasteiger partial charge in [0.2, 0.25) is 5.91 Å². The van der Waals surface area contributed by atoms with Crippen molar-refractivity contribution < 1.29 is 4.79 Å².